The largest absolute Gasteiger partial charge is 0.508 e. The van der Waals surface area contributed by atoms with Gasteiger partial charge in [0, 0.05) is 19.5 Å². The van der Waals surface area contributed by atoms with Crippen LogP contribution < -0.4 is 5.14 Å². The van der Waals surface area contributed by atoms with Gasteiger partial charge in [-0.25, -0.2) is 13.6 Å². The van der Waals surface area contributed by atoms with E-state index in [-0.39, 0.29) is 24.6 Å². The second kappa shape index (κ2) is 5.18. The molecule has 0 spiro atoms. The first-order chi connectivity index (χ1) is 8.88. The van der Waals surface area contributed by atoms with Gasteiger partial charge in [0.05, 0.1) is 0 Å². The highest BCUT2D eigenvalue weighted by atomic mass is 32.2. The van der Waals surface area contributed by atoms with Gasteiger partial charge in [0.25, 0.3) is 0 Å². The standard InChI is InChI=1S/C12H16N2O4S/c13-19(17,18)10-7-12(16)14(8-10)6-5-9-3-1-2-4-11(9)15/h1-4,10,15H,5-8H2,(H2,13,17,18). The van der Waals surface area contributed by atoms with E-state index < -0.39 is 15.3 Å². The number of likely N-dealkylation sites (tertiary alicyclic amines) is 1. The van der Waals surface area contributed by atoms with E-state index in [1.54, 1.807) is 24.3 Å². The predicted molar refractivity (Wildman–Crippen MR) is 69.9 cm³/mol. The summed E-state index contributed by atoms with van der Waals surface area (Å²) in [7, 11) is -3.67. The van der Waals surface area contributed by atoms with Crippen LogP contribution in [0.2, 0.25) is 0 Å². The summed E-state index contributed by atoms with van der Waals surface area (Å²) >= 11 is 0. The van der Waals surface area contributed by atoms with Gasteiger partial charge in [-0.2, -0.15) is 0 Å². The van der Waals surface area contributed by atoms with E-state index in [0.717, 1.165) is 5.56 Å². The van der Waals surface area contributed by atoms with E-state index in [1.165, 1.54) is 4.90 Å². The van der Waals surface area contributed by atoms with Crippen LogP contribution in [0.4, 0.5) is 0 Å². The number of benzene rings is 1. The summed E-state index contributed by atoms with van der Waals surface area (Å²) in [5.74, 6) is -0.0356. The molecule has 104 valence electrons. The Morgan fingerprint density at radius 1 is 1.37 bits per heavy atom. The topological polar surface area (TPSA) is 101 Å². The summed E-state index contributed by atoms with van der Waals surface area (Å²) in [6.45, 7) is 0.508. The van der Waals surface area contributed by atoms with Gasteiger partial charge in [-0.3, -0.25) is 4.79 Å². The lowest BCUT2D eigenvalue weighted by Gasteiger charge is -2.16. The maximum Gasteiger partial charge on any atom is 0.224 e. The van der Waals surface area contributed by atoms with Crippen molar-refractivity contribution in [3.05, 3.63) is 29.8 Å². The van der Waals surface area contributed by atoms with Gasteiger partial charge in [0.1, 0.15) is 11.0 Å². The van der Waals surface area contributed by atoms with E-state index in [9.17, 15) is 18.3 Å². The Bertz CT molecular complexity index is 585. The third kappa shape index (κ3) is 3.24. The molecule has 0 saturated carbocycles. The Balaban J connectivity index is 1.98. The molecular weight excluding hydrogens is 268 g/mol. The van der Waals surface area contributed by atoms with Crippen molar-refractivity contribution in [1.82, 2.24) is 4.90 Å². The van der Waals surface area contributed by atoms with Crippen molar-refractivity contribution in [3.8, 4) is 5.75 Å². The maximum atomic E-state index is 11.7. The van der Waals surface area contributed by atoms with Crippen LogP contribution in [0.3, 0.4) is 0 Å². The van der Waals surface area contributed by atoms with Crippen molar-refractivity contribution in [1.29, 1.82) is 0 Å². The van der Waals surface area contributed by atoms with Gasteiger partial charge in [0.15, 0.2) is 0 Å². The van der Waals surface area contributed by atoms with Gasteiger partial charge in [-0.1, -0.05) is 18.2 Å². The number of hydrogen-bond acceptors (Lipinski definition) is 4. The minimum atomic E-state index is -3.67. The van der Waals surface area contributed by atoms with Crippen LogP contribution in [-0.4, -0.2) is 42.7 Å². The molecule has 1 saturated heterocycles. The van der Waals surface area contributed by atoms with Gasteiger partial charge >= 0.3 is 0 Å². The molecular formula is C12H16N2O4S. The zero-order valence-corrected chi connectivity index (χ0v) is 11.1. The highest BCUT2D eigenvalue weighted by molar-refractivity contribution is 7.89. The minimum Gasteiger partial charge on any atom is -0.508 e. The highest BCUT2D eigenvalue weighted by Gasteiger charge is 2.36. The van der Waals surface area contributed by atoms with Crippen molar-refractivity contribution in [3.63, 3.8) is 0 Å². The highest BCUT2D eigenvalue weighted by Crippen LogP contribution is 2.20. The number of carbonyl (C=O) groups is 1. The fourth-order valence-electron chi connectivity index (χ4n) is 2.15. The van der Waals surface area contributed by atoms with E-state index in [4.69, 9.17) is 5.14 Å². The van der Waals surface area contributed by atoms with Crippen molar-refractivity contribution < 1.29 is 18.3 Å². The molecule has 1 fully saturated rings. The summed E-state index contributed by atoms with van der Waals surface area (Å²) in [5, 5.41) is 13.8. The van der Waals surface area contributed by atoms with Crippen molar-refractivity contribution in [2.45, 2.75) is 18.1 Å². The summed E-state index contributed by atoms with van der Waals surface area (Å²) in [5.41, 5.74) is 0.731. The molecule has 2 rings (SSSR count). The molecule has 0 aromatic heterocycles. The van der Waals surface area contributed by atoms with Crippen LogP contribution in [0.5, 0.6) is 5.75 Å². The second-order valence-corrected chi connectivity index (χ2v) is 6.48. The van der Waals surface area contributed by atoms with Gasteiger partial charge in [-0.05, 0) is 18.1 Å². The first-order valence-electron chi connectivity index (χ1n) is 5.94. The summed E-state index contributed by atoms with van der Waals surface area (Å²) < 4.78 is 22.4. The van der Waals surface area contributed by atoms with Crippen LogP contribution in [0, 0.1) is 0 Å². The van der Waals surface area contributed by atoms with Crippen LogP contribution in [0.1, 0.15) is 12.0 Å². The molecule has 6 nitrogen and oxygen atoms in total. The number of para-hydroxylation sites is 1. The molecule has 19 heavy (non-hydrogen) atoms. The summed E-state index contributed by atoms with van der Waals surface area (Å²) in [6, 6.07) is 6.87. The molecule has 1 amide bonds. The number of amides is 1. The normalized spacial score (nSPS) is 19.9. The summed E-state index contributed by atoms with van der Waals surface area (Å²) in [4.78, 5) is 13.2. The third-order valence-corrected chi connectivity index (χ3v) is 4.53. The molecule has 1 aliphatic rings. The smallest absolute Gasteiger partial charge is 0.224 e. The molecule has 1 aromatic rings. The number of rotatable bonds is 4. The number of phenolic OH excluding ortho intramolecular Hbond substituents is 1. The average molecular weight is 284 g/mol. The molecule has 1 atom stereocenters. The molecule has 1 heterocycles. The van der Waals surface area contributed by atoms with Crippen LogP contribution >= 0.6 is 0 Å². The lowest BCUT2D eigenvalue weighted by molar-refractivity contribution is -0.127. The molecule has 1 aliphatic heterocycles. The SMILES string of the molecule is NS(=O)(=O)C1CC(=O)N(CCc2ccccc2O)C1. The number of phenols is 1. The first kappa shape index (κ1) is 13.8. The van der Waals surface area contributed by atoms with Crippen LogP contribution in [-0.2, 0) is 21.2 Å². The Morgan fingerprint density at radius 2 is 2.05 bits per heavy atom. The molecule has 3 N–H and O–H groups in total. The Morgan fingerprint density at radius 3 is 2.63 bits per heavy atom. The van der Waals surface area contributed by atoms with Crippen molar-refractivity contribution in [2.75, 3.05) is 13.1 Å². The van der Waals surface area contributed by atoms with E-state index in [0.29, 0.717) is 13.0 Å². The Labute approximate surface area is 111 Å². The third-order valence-electron chi connectivity index (χ3n) is 3.29. The fourth-order valence-corrected chi connectivity index (χ4v) is 2.91. The number of primary sulfonamides is 1. The van der Waals surface area contributed by atoms with E-state index in [1.807, 2.05) is 0 Å². The van der Waals surface area contributed by atoms with Crippen LogP contribution in [0.25, 0.3) is 0 Å². The lowest BCUT2D eigenvalue weighted by atomic mass is 10.1. The number of hydrogen-bond donors (Lipinski definition) is 2. The summed E-state index contributed by atoms with van der Waals surface area (Å²) in [6.07, 6.45) is 0.426. The van der Waals surface area contributed by atoms with Gasteiger partial charge < -0.3 is 10.0 Å². The van der Waals surface area contributed by atoms with E-state index in [2.05, 4.69) is 0 Å². The number of nitrogens with zero attached hydrogens (tertiary/aromatic N) is 1. The van der Waals surface area contributed by atoms with Crippen LogP contribution in [0.15, 0.2) is 24.3 Å². The number of carbonyl (C=O) groups excluding carboxylic acids is 1. The molecule has 0 radical (unpaired) electrons. The maximum absolute atomic E-state index is 11.7. The first-order valence-corrected chi connectivity index (χ1v) is 7.55. The molecule has 0 aliphatic carbocycles. The van der Waals surface area contributed by atoms with Crippen molar-refractivity contribution in [2.24, 2.45) is 5.14 Å². The molecule has 1 unspecified atom stereocenters. The van der Waals surface area contributed by atoms with E-state index >= 15 is 0 Å². The van der Waals surface area contributed by atoms with Crippen molar-refractivity contribution >= 4 is 15.9 Å². The van der Waals surface area contributed by atoms with Gasteiger partial charge in [-0.15, -0.1) is 0 Å². The Hall–Kier alpha value is -1.60. The molecule has 1 aromatic carbocycles. The zero-order chi connectivity index (χ0) is 14.0. The number of nitrogens with two attached hydrogens (primary N) is 1. The quantitative estimate of drug-likeness (QED) is 0.801. The zero-order valence-electron chi connectivity index (χ0n) is 10.3. The molecule has 0 bridgehead atoms. The monoisotopic (exact) mass is 284 g/mol. The molecule has 7 heteroatoms. The number of sulfonamides is 1. The fraction of sp³-hybridized carbons (Fsp3) is 0.417. The average Bonchev–Trinajstić information content (AvgIpc) is 2.70. The number of aromatic hydroxyl groups is 1. The second-order valence-electron chi connectivity index (χ2n) is 4.63. The lowest BCUT2D eigenvalue weighted by Crippen LogP contribution is -2.33. The Kier molecular flexibility index (Phi) is 3.77. The van der Waals surface area contributed by atoms with Gasteiger partial charge in [0.2, 0.25) is 15.9 Å². The predicted octanol–water partition coefficient (Wildman–Crippen LogP) is -0.176. The minimum absolute atomic E-state index is 0.0559.